The number of aromatic nitrogens is 2. The summed E-state index contributed by atoms with van der Waals surface area (Å²) in [5.41, 5.74) is 8.98. The van der Waals surface area contributed by atoms with Crippen molar-refractivity contribution >= 4 is 38.9 Å². The van der Waals surface area contributed by atoms with Crippen molar-refractivity contribution in [2.75, 3.05) is 16.8 Å². The summed E-state index contributed by atoms with van der Waals surface area (Å²) in [5.74, 6) is 0.864. The van der Waals surface area contributed by atoms with E-state index in [0.29, 0.717) is 0 Å². The van der Waals surface area contributed by atoms with Crippen LogP contribution in [0.5, 0.6) is 0 Å². The number of hydrogen-bond donors (Lipinski definition) is 0. The Morgan fingerprint density at radius 3 is 1.96 bits per heavy atom. The number of nitrogens with zero attached hydrogens (tertiary/aromatic N) is 4. The third-order valence-electron chi connectivity index (χ3n) is 9.53. The number of rotatable bonds is 6. The van der Waals surface area contributed by atoms with Crippen LogP contribution in [0.25, 0.3) is 27.6 Å². The van der Waals surface area contributed by atoms with E-state index in [1.165, 1.54) is 5.39 Å². The maximum Gasteiger partial charge on any atom is 0.135 e. The minimum absolute atomic E-state index is 0. The largest absolute Gasteiger partial charge is 0.504 e. The van der Waals surface area contributed by atoms with Crippen LogP contribution in [-0.4, -0.2) is 16.6 Å². The van der Waals surface area contributed by atoms with Crippen LogP contribution in [0.4, 0.5) is 17.1 Å². The molecule has 1 aliphatic heterocycles. The Balaban J connectivity index is 0.00000348. The van der Waals surface area contributed by atoms with Crippen molar-refractivity contribution in [2.24, 2.45) is 0 Å². The molecule has 240 valence electrons. The Labute approximate surface area is 301 Å². The molecular formula is C44H31N4Pt-3. The summed E-state index contributed by atoms with van der Waals surface area (Å²) < 4.78 is 2.24. The Morgan fingerprint density at radius 2 is 1.22 bits per heavy atom. The van der Waals surface area contributed by atoms with E-state index in [4.69, 9.17) is 4.98 Å². The van der Waals surface area contributed by atoms with Gasteiger partial charge in [0.1, 0.15) is 5.82 Å². The van der Waals surface area contributed by atoms with Crippen LogP contribution in [0.2, 0.25) is 0 Å². The Morgan fingerprint density at radius 1 is 0.571 bits per heavy atom. The molecule has 0 N–H and O–H groups in total. The van der Waals surface area contributed by atoms with Crippen LogP contribution < -0.4 is 9.80 Å². The maximum atomic E-state index is 4.79. The number of fused-ring (bicyclic) bond motifs is 4. The van der Waals surface area contributed by atoms with Crippen molar-refractivity contribution in [1.82, 2.24) is 9.55 Å². The first kappa shape index (κ1) is 30.9. The van der Waals surface area contributed by atoms with Gasteiger partial charge in [-0.05, 0) is 53.9 Å². The van der Waals surface area contributed by atoms with Crippen LogP contribution in [-0.2, 0) is 26.5 Å². The molecule has 6 aromatic carbocycles. The number of anilines is 3. The first-order chi connectivity index (χ1) is 23.7. The molecule has 0 spiro atoms. The monoisotopic (exact) mass is 810 g/mol. The molecule has 49 heavy (non-hydrogen) atoms. The zero-order valence-electron chi connectivity index (χ0n) is 26.8. The first-order valence-corrected chi connectivity index (χ1v) is 16.2. The first-order valence-electron chi connectivity index (χ1n) is 16.2. The molecule has 8 aromatic rings. The molecule has 0 fully saturated rings. The molecule has 9 rings (SSSR count). The maximum absolute atomic E-state index is 4.79. The smallest absolute Gasteiger partial charge is 0.135 e. The van der Waals surface area contributed by atoms with Gasteiger partial charge >= 0.3 is 0 Å². The summed E-state index contributed by atoms with van der Waals surface area (Å²) >= 11 is 0. The minimum atomic E-state index is -0.733. The number of benzene rings is 6. The number of hydrogen-bond acceptors (Lipinski definition) is 3. The molecule has 1 aliphatic rings. The van der Waals surface area contributed by atoms with Crippen molar-refractivity contribution in [2.45, 2.75) is 5.41 Å². The summed E-state index contributed by atoms with van der Waals surface area (Å²) in [6.45, 7) is 2.14. The molecule has 0 bridgehead atoms. The molecule has 0 atom stereocenters. The van der Waals surface area contributed by atoms with Gasteiger partial charge in [-0.1, -0.05) is 103 Å². The van der Waals surface area contributed by atoms with Gasteiger partial charge in [0.05, 0.1) is 0 Å². The van der Waals surface area contributed by atoms with Crippen LogP contribution in [0.3, 0.4) is 0 Å². The Bertz CT molecular complexity index is 2360. The Hall–Kier alpha value is -5.44. The van der Waals surface area contributed by atoms with Gasteiger partial charge in [0.25, 0.3) is 0 Å². The quantitative estimate of drug-likeness (QED) is 0.124. The van der Waals surface area contributed by atoms with E-state index in [2.05, 4.69) is 186 Å². The van der Waals surface area contributed by atoms with Crippen molar-refractivity contribution in [3.05, 3.63) is 205 Å². The molecule has 4 nitrogen and oxygen atoms in total. The van der Waals surface area contributed by atoms with E-state index in [-0.39, 0.29) is 21.1 Å². The minimum Gasteiger partial charge on any atom is -0.504 e. The summed E-state index contributed by atoms with van der Waals surface area (Å²) in [5, 5.41) is 2.31. The van der Waals surface area contributed by atoms with Gasteiger partial charge < -0.3 is 14.4 Å². The van der Waals surface area contributed by atoms with Crippen LogP contribution in [0.15, 0.2) is 164 Å². The zero-order chi connectivity index (χ0) is 32.1. The van der Waals surface area contributed by atoms with Crippen molar-refractivity contribution in [3.63, 3.8) is 0 Å². The summed E-state index contributed by atoms with van der Waals surface area (Å²) in [6.07, 6.45) is 1.85. The fourth-order valence-electron chi connectivity index (χ4n) is 7.42. The third-order valence-corrected chi connectivity index (χ3v) is 9.53. The molecule has 0 unspecified atom stereocenters. The molecule has 0 amide bonds. The van der Waals surface area contributed by atoms with Gasteiger partial charge in [0.2, 0.25) is 0 Å². The predicted octanol–water partition coefficient (Wildman–Crippen LogP) is 9.87. The van der Waals surface area contributed by atoms with Crippen LogP contribution >= 0.6 is 0 Å². The second kappa shape index (κ2) is 12.5. The van der Waals surface area contributed by atoms with Gasteiger partial charge in [-0.3, -0.25) is 0 Å². The molecule has 0 saturated carbocycles. The Kier molecular flexibility index (Phi) is 7.90. The topological polar surface area (TPSA) is 24.3 Å². The second-order valence-electron chi connectivity index (χ2n) is 12.2. The van der Waals surface area contributed by atoms with Crippen molar-refractivity contribution in [3.8, 4) is 5.82 Å². The molecule has 5 heteroatoms. The fraction of sp³-hybridized carbons (Fsp3) is 0.0455. The molecule has 0 saturated heterocycles. The van der Waals surface area contributed by atoms with Gasteiger partial charge in [0, 0.05) is 49.6 Å². The van der Waals surface area contributed by atoms with E-state index < -0.39 is 5.41 Å². The molecular weight excluding hydrogens is 780 g/mol. The SMILES string of the molecule is CN1[CH-]N(c2[c-]c(C(c3[c-]c4c(cc3)c3ccccc3n4-c3ccccn3)(c3ccccc3)c3ccccc3)ccc2)c2ccccc21.[Pt]. The van der Waals surface area contributed by atoms with Gasteiger partial charge in [-0.25, -0.2) is 4.98 Å². The van der Waals surface area contributed by atoms with Crippen LogP contribution in [0, 0.1) is 18.8 Å². The second-order valence-corrected chi connectivity index (χ2v) is 12.2. The molecule has 0 aliphatic carbocycles. The van der Waals surface area contributed by atoms with Gasteiger partial charge in [-0.2, -0.15) is 49.1 Å². The predicted molar refractivity (Wildman–Crippen MR) is 196 cm³/mol. The molecule has 3 heterocycles. The molecule has 2 aromatic heterocycles. The van der Waals surface area contributed by atoms with E-state index in [0.717, 1.165) is 61.6 Å². The summed E-state index contributed by atoms with van der Waals surface area (Å²) in [6, 6.07) is 63.6. The third kappa shape index (κ3) is 4.90. The van der Waals surface area contributed by atoms with Crippen molar-refractivity contribution < 1.29 is 21.1 Å². The number of para-hydroxylation sites is 3. The van der Waals surface area contributed by atoms with E-state index in [1.54, 1.807) is 0 Å². The average Bonchev–Trinajstić information content (AvgIpc) is 3.68. The van der Waals surface area contributed by atoms with E-state index >= 15 is 0 Å². The fourth-order valence-corrected chi connectivity index (χ4v) is 7.42. The zero-order valence-corrected chi connectivity index (χ0v) is 29.0. The van der Waals surface area contributed by atoms with Gasteiger partial charge in [0.15, 0.2) is 0 Å². The van der Waals surface area contributed by atoms with Gasteiger partial charge in [-0.15, -0.1) is 22.2 Å². The average molecular weight is 811 g/mol. The summed E-state index contributed by atoms with van der Waals surface area (Å²) in [4.78, 5) is 9.18. The summed E-state index contributed by atoms with van der Waals surface area (Å²) in [7, 11) is 2.09. The van der Waals surface area contributed by atoms with Crippen LogP contribution in [0.1, 0.15) is 22.3 Å². The number of pyridine rings is 1. The normalized spacial score (nSPS) is 12.7. The van der Waals surface area contributed by atoms with Crippen molar-refractivity contribution in [1.29, 1.82) is 0 Å². The molecule has 0 radical (unpaired) electrons. The van der Waals surface area contributed by atoms with E-state index in [1.807, 2.05) is 18.3 Å². The van der Waals surface area contributed by atoms with E-state index in [9.17, 15) is 0 Å². The standard InChI is InChI=1S/C44H31N4.Pt/c1-46-31-47(41-24-11-10-23-40(41)46)36-20-14-19-34(29-36)44(32-15-4-2-5-16-32,33-17-6-3-7-18-33)35-26-27-38-37-21-8-9-22-39(37)48(42(38)30-35)43-25-12-13-28-45-43;/h2-28,31H,1H3;/q-3;.